The summed E-state index contributed by atoms with van der Waals surface area (Å²) in [5, 5.41) is 8.53. The highest BCUT2D eigenvalue weighted by Gasteiger charge is 2.29. The molecule has 0 bridgehead atoms. The fourth-order valence-electron chi connectivity index (χ4n) is 4.52. The first-order valence-corrected chi connectivity index (χ1v) is 10.3. The highest BCUT2D eigenvalue weighted by molar-refractivity contribution is 5.94. The number of aromatic amines is 1. The lowest BCUT2D eigenvalue weighted by atomic mass is 9.87. The van der Waals surface area contributed by atoms with E-state index in [0.717, 1.165) is 47.3 Å². The molecule has 2 heterocycles. The fraction of sp³-hybridized carbons (Fsp3) is 0.417. The minimum atomic E-state index is 0.108. The molecule has 1 aliphatic heterocycles. The van der Waals surface area contributed by atoms with Crippen LogP contribution >= 0.6 is 0 Å². The molecule has 0 unspecified atom stereocenters. The zero-order valence-corrected chi connectivity index (χ0v) is 17.7. The van der Waals surface area contributed by atoms with Gasteiger partial charge in [-0.3, -0.25) is 14.8 Å². The van der Waals surface area contributed by atoms with Crippen LogP contribution in [0.4, 0.5) is 0 Å². The van der Waals surface area contributed by atoms with E-state index in [9.17, 15) is 4.79 Å². The maximum Gasteiger partial charge on any atom is 0.159 e. The molecule has 0 spiro atoms. The number of rotatable bonds is 5. The van der Waals surface area contributed by atoms with Crippen molar-refractivity contribution in [3.63, 3.8) is 0 Å². The number of fused-ring (bicyclic) bond motifs is 1. The molecular weight excluding hydrogens is 362 g/mol. The standard InChI is InChI=1S/C24H29N3O2/c1-15-9-10-27(22(11-15)19-7-5-18(6-8-19)17(3)28)14-21-20-13-25-26-24(20)16(2)12-23(21)29-4/h5-8,12-13,15,22H,9-11,14H2,1-4H3,(H,25,26)/t15-,22+/m1/s1. The van der Waals surface area contributed by atoms with Crippen molar-refractivity contribution in [1.29, 1.82) is 0 Å². The Morgan fingerprint density at radius 2 is 2.07 bits per heavy atom. The zero-order valence-electron chi connectivity index (χ0n) is 17.7. The van der Waals surface area contributed by atoms with E-state index < -0.39 is 0 Å². The molecule has 2 atom stereocenters. The molecule has 1 N–H and O–H groups in total. The predicted octanol–water partition coefficient (Wildman–Crippen LogP) is 5.06. The number of piperidine rings is 1. The van der Waals surface area contributed by atoms with Gasteiger partial charge in [0.25, 0.3) is 0 Å². The van der Waals surface area contributed by atoms with Crippen LogP contribution < -0.4 is 4.74 Å². The largest absolute Gasteiger partial charge is 0.496 e. The van der Waals surface area contributed by atoms with Crippen molar-refractivity contribution in [2.24, 2.45) is 5.92 Å². The van der Waals surface area contributed by atoms with E-state index in [0.29, 0.717) is 12.0 Å². The summed E-state index contributed by atoms with van der Waals surface area (Å²) in [4.78, 5) is 14.2. The summed E-state index contributed by atoms with van der Waals surface area (Å²) < 4.78 is 5.74. The number of nitrogens with one attached hydrogen (secondary N) is 1. The number of carbonyl (C=O) groups is 1. The number of Topliss-reactive ketones (excluding diaryl/α,β-unsaturated/α-hetero) is 1. The highest BCUT2D eigenvalue weighted by Crippen LogP contribution is 2.38. The van der Waals surface area contributed by atoms with Crippen molar-refractivity contribution in [2.75, 3.05) is 13.7 Å². The first-order chi connectivity index (χ1) is 14.0. The quantitative estimate of drug-likeness (QED) is 0.618. The van der Waals surface area contributed by atoms with Gasteiger partial charge in [-0.2, -0.15) is 5.10 Å². The minimum absolute atomic E-state index is 0.108. The van der Waals surface area contributed by atoms with Gasteiger partial charge in [-0.05, 0) is 56.3 Å². The Labute approximate surface area is 172 Å². The fourth-order valence-corrected chi connectivity index (χ4v) is 4.52. The summed E-state index contributed by atoms with van der Waals surface area (Å²) in [5.74, 6) is 1.70. The Morgan fingerprint density at radius 1 is 1.31 bits per heavy atom. The molecular formula is C24H29N3O2. The van der Waals surface area contributed by atoms with Crippen molar-refractivity contribution in [2.45, 2.75) is 46.2 Å². The number of aromatic nitrogens is 2. The lowest BCUT2D eigenvalue weighted by Crippen LogP contribution is -2.36. The molecule has 5 heteroatoms. The van der Waals surface area contributed by atoms with Crippen molar-refractivity contribution in [1.82, 2.24) is 15.1 Å². The summed E-state index contributed by atoms with van der Waals surface area (Å²) in [6.07, 6.45) is 4.20. The third-order valence-electron chi connectivity index (χ3n) is 6.26. The van der Waals surface area contributed by atoms with Gasteiger partial charge >= 0.3 is 0 Å². The van der Waals surface area contributed by atoms with Crippen LogP contribution in [0.25, 0.3) is 10.9 Å². The van der Waals surface area contributed by atoms with Gasteiger partial charge in [-0.25, -0.2) is 0 Å². The maximum absolute atomic E-state index is 11.7. The van der Waals surface area contributed by atoms with Crippen LogP contribution in [0.2, 0.25) is 0 Å². The van der Waals surface area contributed by atoms with Gasteiger partial charge in [-0.1, -0.05) is 31.2 Å². The molecule has 1 saturated heterocycles. The van der Waals surface area contributed by atoms with Crippen LogP contribution in [0, 0.1) is 12.8 Å². The number of hydrogen-bond acceptors (Lipinski definition) is 4. The summed E-state index contributed by atoms with van der Waals surface area (Å²) in [6, 6.07) is 10.6. The molecule has 2 aromatic carbocycles. The van der Waals surface area contributed by atoms with Crippen molar-refractivity contribution >= 4 is 16.7 Å². The second-order valence-corrected chi connectivity index (χ2v) is 8.33. The summed E-state index contributed by atoms with van der Waals surface area (Å²) in [5.41, 5.74) is 5.44. The second-order valence-electron chi connectivity index (χ2n) is 8.33. The van der Waals surface area contributed by atoms with Crippen LogP contribution in [0.1, 0.15) is 59.8 Å². The Kier molecular flexibility index (Phi) is 5.41. The molecule has 152 valence electrons. The maximum atomic E-state index is 11.7. The zero-order chi connectivity index (χ0) is 20.5. The number of carbonyl (C=O) groups excluding carboxylic acids is 1. The number of benzene rings is 2. The van der Waals surface area contributed by atoms with Crippen molar-refractivity contribution < 1.29 is 9.53 Å². The second kappa shape index (κ2) is 7.99. The van der Waals surface area contributed by atoms with Gasteiger partial charge in [-0.15, -0.1) is 0 Å². The number of H-pyrrole nitrogens is 1. The van der Waals surface area contributed by atoms with Gasteiger partial charge in [0, 0.05) is 29.1 Å². The average Bonchev–Trinajstić information content (AvgIpc) is 3.21. The Hall–Kier alpha value is -2.66. The third-order valence-corrected chi connectivity index (χ3v) is 6.26. The molecule has 29 heavy (non-hydrogen) atoms. The molecule has 3 aromatic rings. The van der Waals surface area contributed by atoms with E-state index in [4.69, 9.17) is 4.74 Å². The highest BCUT2D eigenvalue weighted by atomic mass is 16.5. The number of methoxy groups -OCH3 is 1. The number of hydrogen-bond donors (Lipinski definition) is 1. The molecule has 1 aliphatic rings. The van der Waals surface area contributed by atoms with Gasteiger partial charge in [0.15, 0.2) is 5.78 Å². The average molecular weight is 392 g/mol. The van der Waals surface area contributed by atoms with Crippen molar-refractivity contribution in [3.8, 4) is 5.75 Å². The Balaban J connectivity index is 1.69. The Bertz CT molecular complexity index is 1020. The molecule has 1 fully saturated rings. The van der Waals surface area contributed by atoms with Crippen molar-refractivity contribution in [3.05, 3.63) is 58.8 Å². The molecule has 0 amide bonds. The molecule has 0 aliphatic carbocycles. The summed E-state index contributed by atoms with van der Waals surface area (Å²) in [6.45, 7) is 7.87. The van der Waals surface area contributed by atoms with Gasteiger partial charge in [0.1, 0.15) is 5.75 Å². The monoisotopic (exact) mass is 391 g/mol. The summed E-state index contributed by atoms with van der Waals surface area (Å²) in [7, 11) is 1.74. The number of nitrogens with zero attached hydrogens (tertiary/aromatic N) is 2. The normalized spacial score (nSPS) is 20.1. The predicted molar refractivity (Wildman–Crippen MR) is 115 cm³/mol. The van der Waals surface area contributed by atoms with E-state index in [1.54, 1.807) is 14.0 Å². The lowest BCUT2D eigenvalue weighted by molar-refractivity contribution is 0.101. The van der Waals surface area contributed by atoms with E-state index in [2.05, 4.69) is 47.1 Å². The third kappa shape index (κ3) is 3.79. The molecule has 0 radical (unpaired) electrons. The molecule has 4 rings (SSSR count). The molecule has 0 saturated carbocycles. The first-order valence-electron chi connectivity index (χ1n) is 10.3. The topological polar surface area (TPSA) is 58.2 Å². The van der Waals surface area contributed by atoms with Crippen LogP contribution in [0.15, 0.2) is 36.5 Å². The Morgan fingerprint density at radius 3 is 2.76 bits per heavy atom. The molecule has 5 nitrogen and oxygen atoms in total. The number of aryl methyl sites for hydroxylation is 1. The van der Waals surface area contributed by atoms with E-state index in [1.165, 1.54) is 17.5 Å². The van der Waals surface area contributed by atoms with Crippen LogP contribution in [0.3, 0.4) is 0 Å². The smallest absolute Gasteiger partial charge is 0.159 e. The first kappa shape index (κ1) is 19.6. The number of ketones is 1. The van der Waals surface area contributed by atoms with E-state index in [1.807, 2.05) is 18.3 Å². The molecule has 1 aromatic heterocycles. The van der Waals surface area contributed by atoms with Gasteiger partial charge in [0.05, 0.1) is 18.8 Å². The van der Waals surface area contributed by atoms with Gasteiger partial charge < -0.3 is 4.74 Å². The number of likely N-dealkylation sites (tertiary alicyclic amines) is 1. The SMILES string of the molecule is COc1cc(C)c2[nH]ncc2c1CN1CC[C@@H](C)C[C@H]1c1ccc(C(C)=O)cc1. The van der Waals surface area contributed by atoms with E-state index in [-0.39, 0.29) is 5.78 Å². The van der Waals surface area contributed by atoms with Crippen LogP contribution in [0.5, 0.6) is 5.75 Å². The van der Waals surface area contributed by atoms with Crippen LogP contribution in [-0.2, 0) is 6.54 Å². The van der Waals surface area contributed by atoms with Crippen LogP contribution in [-0.4, -0.2) is 34.5 Å². The lowest BCUT2D eigenvalue weighted by Gasteiger charge is -2.39. The minimum Gasteiger partial charge on any atom is -0.496 e. The summed E-state index contributed by atoms with van der Waals surface area (Å²) >= 11 is 0. The van der Waals surface area contributed by atoms with Gasteiger partial charge in [0.2, 0.25) is 0 Å². The number of ether oxygens (including phenoxy) is 1. The van der Waals surface area contributed by atoms with E-state index >= 15 is 0 Å².